The highest BCUT2D eigenvalue weighted by Crippen LogP contribution is 2.58. The molecule has 2 saturated heterocycles. The van der Waals surface area contributed by atoms with Gasteiger partial charge in [0, 0.05) is 42.7 Å². The Bertz CT molecular complexity index is 1250. The summed E-state index contributed by atoms with van der Waals surface area (Å²) in [5.41, 5.74) is 2.37. The first-order valence-corrected chi connectivity index (χ1v) is 12.2. The Hall–Kier alpha value is -2.87. The summed E-state index contributed by atoms with van der Waals surface area (Å²) in [6.45, 7) is 3.81. The number of amides is 1. The molecule has 3 aromatic rings. The average Bonchev–Trinajstić information content (AvgIpc) is 3.05. The molecule has 0 aromatic carbocycles. The number of fused-ring (bicyclic) bond motifs is 2. The van der Waals surface area contributed by atoms with Crippen LogP contribution in [0.2, 0.25) is 0 Å². The van der Waals surface area contributed by atoms with E-state index >= 15 is 0 Å². The number of hydrogen-bond acceptors (Lipinski definition) is 5. The van der Waals surface area contributed by atoms with Crippen molar-refractivity contribution in [3.63, 3.8) is 0 Å². The molecule has 5 aliphatic rings. The largest absolute Gasteiger partial charge is 0.489 e. The molecule has 0 atom stereocenters. The average molecular weight is 448 g/mol. The van der Waals surface area contributed by atoms with Crippen molar-refractivity contribution in [2.24, 2.45) is 5.92 Å². The van der Waals surface area contributed by atoms with E-state index in [4.69, 9.17) is 14.5 Å². The van der Waals surface area contributed by atoms with Gasteiger partial charge in [-0.3, -0.25) is 9.48 Å². The second-order valence-corrected chi connectivity index (χ2v) is 10.8. The van der Waals surface area contributed by atoms with E-state index in [0.29, 0.717) is 17.1 Å². The Morgan fingerprint density at radius 1 is 1.27 bits per heavy atom. The first-order valence-electron chi connectivity index (χ1n) is 12.2. The van der Waals surface area contributed by atoms with Gasteiger partial charge in [-0.1, -0.05) is 0 Å². The van der Waals surface area contributed by atoms with Crippen LogP contribution in [0.3, 0.4) is 0 Å². The summed E-state index contributed by atoms with van der Waals surface area (Å²) in [5, 5.41) is 7.49. The number of imidazole rings is 1. The number of aromatic nitrogens is 4. The second kappa shape index (κ2) is 6.82. The predicted octanol–water partition coefficient (Wildman–Crippen LogP) is 3.94. The van der Waals surface area contributed by atoms with Gasteiger partial charge in [0.2, 0.25) is 0 Å². The van der Waals surface area contributed by atoms with E-state index < -0.39 is 0 Å². The Labute approximate surface area is 192 Å². The summed E-state index contributed by atoms with van der Waals surface area (Å²) in [4.78, 5) is 18.2. The maximum Gasteiger partial charge on any atom is 0.262 e. The number of hydrogen-bond donors (Lipinski definition) is 1. The molecule has 0 spiro atoms. The van der Waals surface area contributed by atoms with Crippen molar-refractivity contribution in [3.8, 4) is 5.75 Å². The molecule has 8 heteroatoms. The predicted molar refractivity (Wildman–Crippen MR) is 122 cm³/mol. The molecule has 8 rings (SSSR count). The maximum atomic E-state index is 13.3. The number of nitrogens with one attached hydrogen (secondary N) is 1. The molecule has 3 saturated carbocycles. The summed E-state index contributed by atoms with van der Waals surface area (Å²) in [6, 6.07) is 3.76. The quantitative estimate of drug-likeness (QED) is 0.593. The highest BCUT2D eigenvalue weighted by molar-refractivity contribution is 6.05. The van der Waals surface area contributed by atoms with Crippen LogP contribution in [-0.2, 0) is 16.7 Å². The lowest BCUT2D eigenvalue weighted by Crippen LogP contribution is -2.45. The Balaban J connectivity index is 1.19. The Kier molecular flexibility index (Phi) is 4.05. The molecule has 0 unspecified atom stereocenters. The lowest BCUT2D eigenvalue weighted by atomic mass is 9.62. The number of rotatable bonds is 7. The van der Waals surface area contributed by atoms with Crippen molar-refractivity contribution in [1.29, 1.82) is 0 Å². The summed E-state index contributed by atoms with van der Waals surface area (Å²) in [7, 11) is 0. The van der Waals surface area contributed by atoms with Gasteiger partial charge in [-0.2, -0.15) is 5.10 Å². The van der Waals surface area contributed by atoms with Gasteiger partial charge in [-0.15, -0.1) is 0 Å². The molecular formula is C25H29N5O3. The van der Waals surface area contributed by atoms with E-state index in [1.165, 1.54) is 19.3 Å². The number of carbonyl (C=O) groups excluding carboxylic acids is 1. The molecular weight excluding hydrogens is 418 g/mol. The molecule has 1 amide bonds. The third-order valence-electron chi connectivity index (χ3n) is 7.83. The van der Waals surface area contributed by atoms with Gasteiger partial charge in [0.15, 0.2) is 5.82 Å². The molecule has 5 heterocycles. The summed E-state index contributed by atoms with van der Waals surface area (Å²) in [6.07, 6.45) is 13.8. The smallest absolute Gasteiger partial charge is 0.262 e. The van der Waals surface area contributed by atoms with Gasteiger partial charge < -0.3 is 19.2 Å². The topological polar surface area (TPSA) is 82.7 Å². The first kappa shape index (κ1) is 19.6. The van der Waals surface area contributed by atoms with Gasteiger partial charge in [-0.05, 0) is 57.8 Å². The highest BCUT2D eigenvalue weighted by Gasteiger charge is 2.61. The lowest BCUT2D eigenvalue weighted by Gasteiger charge is -2.41. The normalized spacial score (nSPS) is 28.5. The molecule has 3 aliphatic carbocycles. The number of ether oxygens (including phenoxy) is 2. The van der Waals surface area contributed by atoms with Crippen molar-refractivity contribution in [3.05, 3.63) is 42.0 Å². The standard InChI is InChI=1S/C25H29N5O3/c1-24-13-25(14-24,15-32-24)20-12-29-11-18(19(9-22(29)26-20)33-17-3-2-4-17)23(31)27-21-7-8-30(28-21)10-16-5-6-16/h7-9,11-12,16-17H,2-6,10,13-15H2,1H3,(H,27,28,31). The minimum Gasteiger partial charge on any atom is -0.489 e. The molecule has 5 fully saturated rings. The molecule has 2 aliphatic heterocycles. The van der Waals surface area contributed by atoms with Crippen molar-refractivity contribution in [2.75, 3.05) is 11.9 Å². The summed E-state index contributed by atoms with van der Waals surface area (Å²) in [5.74, 6) is 1.68. The zero-order chi connectivity index (χ0) is 22.2. The van der Waals surface area contributed by atoms with Gasteiger partial charge in [0.25, 0.3) is 5.91 Å². The van der Waals surface area contributed by atoms with E-state index in [2.05, 4.69) is 23.5 Å². The van der Waals surface area contributed by atoms with Crippen molar-refractivity contribution >= 4 is 17.4 Å². The summed E-state index contributed by atoms with van der Waals surface area (Å²) >= 11 is 0. The second-order valence-electron chi connectivity index (χ2n) is 10.8. The minimum absolute atomic E-state index is 0.00224. The van der Waals surface area contributed by atoms with Crippen LogP contribution in [0, 0.1) is 5.92 Å². The fourth-order valence-electron chi connectivity index (χ4n) is 5.64. The van der Waals surface area contributed by atoms with Crippen molar-refractivity contribution < 1.29 is 14.3 Å². The zero-order valence-corrected chi connectivity index (χ0v) is 18.9. The fourth-order valence-corrected chi connectivity index (χ4v) is 5.64. The number of anilines is 1. The molecule has 33 heavy (non-hydrogen) atoms. The molecule has 0 radical (unpaired) electrons. The summed E-state index contributed by atoms with van der Waals surface area (Å²) < 4.78 is 16.1. The van der Waals surface area contributed by atoms with Gasteiger partial charge in [0.05, 0.1) is 29.6 Å². The van der Waals surface area contributed by atoms with Gasteiger partial charge in [-0.25, -0.2) is 4.98 Å². The third kappa shape index (κ3) is 3.34. The molecule has 172 valence electrons. The van der Waals surface area contributed by atoms with E-state index in [1.54, 1.807) is 0 Å². The van der Waals surface area contributed by atoms with E-state index in [1.807, 2.05) is 33.6 Å². The van der Waals surface area contributed by atoms with Crippen molar-refractivity contribution in [2.45, 2.75) is 75.5 Å². The molecule has 3 aromatic heterocycles. The van der Waals surface area contributed by atoms with Gasteiger partial charge >= 0.3 is 0 Å². The first-order chi connectivity index (χ1) is 16.0. The lowest BCUT2D eigenvalue weighted by molar-refractivity contribution is 0.0154. The molecule has 2 bridgehead atoms. The van der Waals surface area contributed by atoms with Crippen LogP contribution in [0.15, 0.2) is 30.7 Å². The Morgan fingerprint density at radius 3 is 2.82 bits per heavy atom. The molecule has 1 N–H and O–H groups in total. The minimum atomic E-state index is -0.211. The zero-order valence-electron chi connectivity index (χ0n) is 18.9. The fraction of sp³-hybridized carbons (Fsp3) is 0.560. The van der Waals surface area contributed by atoms with E-state index in [0.717, 1.165) is 56.1 Å². The van der Waals surface area contributed by atoms with E-state index in [-0.39, 0.29) is 23.0 Å². The van der Waals surface area contributed by atoms with Crippen LogP contribution in [0.4, 0.5) is 5.82 Å². The molecule has 8 nitrogen and oxygen atoms in total. The van der Waals surface area contributed by atoms with Crippen LogP contribution in [0.25, 0.3) is 5.65 Å². The van der Waals surface area contributed by atoms with Crippen molar-refractivity contribution in [1.82, 2.24) is 19.2 Å². The maximum absolute atomic E-state index is 13.3. The monoisotopic (exact) mass is 447 g/mol. The number of nitrogens with zero attached hydrogens (tertiary/aromatic N) is 4. The van der Waals surface area contributed by atoms with Crippen LogP contribution < -0.4 is 10.1 Å². The third-order valence-corrected chi connectivity index (χ3v) is 7.83. The van der Waals surface area contributed by atoms with Gasteiger partial charge in [0.1, 0.15) is 11.4 Å². The van der Waals surface area contributed by atoms with E-state index in [9.17, 15) is 4.79 Å². The highest BCUT2D eigenvalue weighted by atomic mass is 16.5. The van der Waals surface area contributed by atoms with Crippen LogP contribution in [0.1, 0.15) is 67.9 Å². The van der Waals surface area contributed by atoms with Crippen LogP contribution >= 0.6 is 0 Å². The Morgan fingerprint density at radius 2 is 2.12 bits per heavy atom. The number of pyridine rings is 1. The van der Waals surface area contributed by atoms with Crippen LogP contribution in [0.5, 0.6) is 5.75 Å². The van der Waals surface area contributed by atoms with Crippen LogP contribution in [-0.4, -0.2) is 43.4 Å². The SMILES string of the molecule is CC12CC(c3cn4cc(C(=O)Nc5ccn(CC6CC6)n5)c(OC5CCC5)cc4n3)(CO1)C2. The number of carbonyl (C=O) groups is 1.